The summed E-state index contributed by atoms with van der Waals surface area (Å²) >= 11 is 6.29. The lowest BCUT2D eigenvalue weighted by Gasteiger charge is -2.14. The zero-order valence-corrected chi connectivity index (χ0v) is 16.2. The lowest BCUT2D eigenvalue weighted by Crippen LogP contribution is -2.26. The highest BCUT2D eigenvalue weighted by Gasteiger charge is 2.37. The van der Waals surface area contributed by atoms with Crippen LogP contribution in [-0.2, 0) is 18.4 Å². The van der Waals surface area contributed by atoms with Crippen LogP contribution in [0.5, 0.6) is 0 Å². The smallest absolute Gasteiger partial charge is 0.337 e. The van der Waals surface area contributed by atoms with Crippen LogP contribution in [0.15, 0.2) is 18.5 Å². The molecule has 4 heterocycles. The monoisotopic (exact) mass is 413 g/mol. The molecule has 1 aliphatic heterocycles. The van der Waals surface area contributed by atoms with Gasteiger partial charge in [0.1, 0.15) is 5.15 Å². The summed E-state index contributed by atoms with van der Waals surface area (Å²) in [7, 11) is 1.78. The Balaban J connectivity index is 1.84. The number of aromatic amines is 1. The lowest BCUT2D eigenvalue weighted by atomic mass is 10.1. The van der Waals surface area contributed by atoms with E-state index in [0.29, 0.717) is 22.5 Å². The van der Waals surface area contributed by atoms with Crippen molar-refractivity contribution in [3.05, 3.63) is 51.7 Å². The molecule has 0 unspecified atom stereocenters. The van der Waals surface area contributed by atoms with Crippen molar-refractivity contribution in [1.29, 1.82) is 0 Å². The van der Waals surface area contributed by atoms with Crippen molar-refractivity contribution >= 4 is 46.9 Å². The van der Waals surface area contributed by atoms with Crippen LogP contribution in [0.25, 0.3) is 11.6 Å². The first kappa shape index (κ1) is 18.7. The molecule has 1 amide bonds. The SMILES string of the molecule is Cc1c(C(=O)O)c[nH]c1/C=C1\C(=O)N(Cc2ccn(C)n2)c2nc(N)nc(Cl)c21. The quantitative estimate of drug-likeness (QED) is 0.437. The van der Waals surface area contributed by atoms with Crippen LogP contribution in [0, 0.1) is 6.92 Å². The zero-order chi connectivity index (χ0) is 20.9. The summed E-state index contributed by atoms with van der Waals surface area (Å²) in [6.07, 6.45) is 4.69. The minimum atomic E-state index is -1.06. The second-order valence-electron chi connectivity index (χ2n) is 6.55. The van der Waals surface area contributed by atoms with Gasteiger partial charge in [0.25, 0.3) is 5.91 Å². The topological polar surface area (TPSA) is 143 Å². The summed E-state index contributed by atoms with van der Waals surface area (Å²) in [6.45, 7) is 1.82. The Hall–Kier alpha value is -3.66. The van der Waals surface area contributed by atoms with Crippen LogP contribution >= 0.6 is 11.6 Å². The van der Waals surface area contributed by atoms with Crippen LogP contribution in [0.4, 0.5) is 11.8 Å². The number of aromatic carboxylic acids is 1. The van der Waals surface area contributed by atoms with Gasteiger partial charge in [-0.15, -0.1) is 0 Å². The maximum absolute atomic E-state index is 13.2. The van der Waals surface area contributed by atoms with E-state index in [2.05, 4.69) is 20.1 Å². The summed E-state index contributed by atoms with van der Waals surface area (Å²) in [6, 6.07) is 1.79. The lowest BCUT2D eigenvalue weighted by molar-refractivity contribution is -0.113. The van der Waals surface area contributed by atoms with Crippen LogP contribution in [0.2, 0.25) is 5.15 Å². The first-order valence-corrected chi connectivity index (χ1v) is 8.90. The Morgan fingerprint density at radius 1 is 1.41 bits per heavy atom. The average Bonchev–Trinajstić information content (AvgIpc) is 3.29. The molecule has 29 heavy (non-hydrogen) atoms. The fourth-order valence-electron chi connectivity index (χ4n) is 3.23. The summed E-state index contributed by atoms with van der Waals surface area (Å²) in [5.41, 5.74) is 8.07. The standard InChI is InChI=1S/C18H16ClN7O3/c1-8-11(17(28)29)6-21-12(8)5-10-13-14(19)22-18(20)23-15(13)26(16(10)27)7-9-3-4-25(2)24-9/h3-6,21H,7H2,1-2H3,(H,28,29)(H2,20,22,23)/b10-5-. The molecule has 1 aliphatic rings. The van der Waals surface area contributed by atoms with Gasteiger partial charge in [0.05, 0.1) is 28.9 Å². The zero-order valence-electron chi connectivity index (χ0n) is 15.5. The number of nitrogens with two attached hydrogens (primary N) is 1. The highest BCUT2D eigenvalue weighted by atomic mass is 35.5. The summed E-state index contributed by atoms with van der Waals surface area (Å²) in [4.78, 5) is 37.0. The number of nitrogens with zero attached hydrogens (tertiary/aromatic N) is 5. The normalized spacial score (nSPS) is 14.7. The minimum Gasteiger partial charge on any atom is -0.478 e. The first-order valence-electron chi connectivity index (χ1n) is 8.53. The Morgan fingerprint density at radius 2 is 2.17 bits per heavy atom. The Labute approximate surface area is 169 Å². The maximum Gasteiger partial charge on any atom is 0.337 e. The molecule has 4 rings (SSSR count). The largest absolute Gasteiger partial charge is 0.478 e. The Morgan fingerprint density at radius 3 is 2.79 bits per heavy atom. The summed E-state index contributed by atoms with van der Waals surface area (Å²) in [5.74, 6) is -1.20. The van der Waals surface area contributed by atoms with Crippen LogP contribution in [0.3, 0.4) is 0 Å². The number of nitrogens with one attached hydrogen (secondary N) is 1. The number of fused-ring (bicyclic) bond motifs is 1. The van der Waals surface area contributed by atoms with Gasteiger partial charge < -0.3 is 15.8 Å². The number of carbonyl (C=O) groups is 2. The molecule has 10 nitrogen and oxygen atoms in total. The number of amides is 1. The number of hydrogen-bond acceptors (Lipinski definition) is 6. The van der Waals surface area contributed by atoms with Gasteiger partial charge in [-0.1, -0.05) is 11.6 Å². The average molecular weight is 414 g/mol. The second kappa shape index (κ2) is 6.74. The molecule has 0 saturated heterocycles. The Bertz CT molecular complexity index is 1190. The number of anilines is 2. The molecule has 0 radical (unpaired) electrons. The molecule has 0 fully saturated rings. The van der Waals surface area contributed by atoms with E-state index in [4.69, 9.17) is 17.3 Å². The fraction of sp³-hybridized carbons (Fsp3) is 0.167. The molecule has 3 aromatic rings. The van der Waals surface area contributed by atoms with Crippen molar-refractivity contribution in [2.45, 2.75) is 13.5 Å². The minimum absolute atomic E-state index is 0.0401. The number of nitrogen functional groups attached to an aromatic ring is 1. The molecule has 0 aromatic carbocycles. The Kier molecular flexibility index (Phi) is 4.35. The van der Waals surface area contributed by atoms with Gasteiger partial charge in [-0.05, 0) is 24.6 Å². The highest BCUT2D eigenvalue weighted by molar-refractivity contribution is 6.41. The third-order valence-electron chi connectivity index (χ3n) is 4.65. The van der Waals surface area contributed by atoms with E-state index in [1.54, 1.807) is 37.0 Å². The van der Waals surface area contributed by atoms with Gasteiger partial charge >= 0.3 is 5.97 Å². The van der Waals surface area contributed by atoms with Gasteiger partial charge in [0.2, 0.25) is 5.95 Å². The highest BCUT2D eigenvalue weighted by Crippen LogP contribution is 2.41. The number of rotatable bonds is 4. The van der Waals surface area contributed by atoms with Gasteiger partial charge in [0.15, 0.2) is 5.82 Å². The first-order chi connectivity index (χ1) is 13.8. The van der Waals surface area contributed by atoms with Crippen molar-refractivity contribution in [3.63, 3.8) is 0 Å². The number of halogens is 1. The molecule has 0 spiro atoms. The van der Waals surface area contributed by atoms with Gasteiger partial charge in [-0.25, -0.2) is 9.78 Å². The number of hydrogen-bond donors (Lipinski definition) is 3. The number of carboxylic acid groups (broad SMARTS) is 1. The number of H-pyrrole nitrogens is 1. The molecule has 11 heteroatoms. The number of aryl methyl sites for hydroxylation is 1. The molecule has 148 valence electrons. The van der Waals surface area contributed by atoms with Crippen molar-refractivity contribution < 1.29 is 14.7 Å². The molecule has 4 N–H and O–H groups in total. The van der Waals surface area contributed by atoms with Crippen molar-refractivity contribution in [2.24, 2.45) is 7.05 Å². The number of carbonyl (C=O) groups excluding carboxylic acids is 1. The van der Waals surface area contributed by atoms with E-state index < -0.39 is 5.97 Å². The van der Waals surface area contributed by atoms with E-state index in [-0.39, 0.29) is 40.5 Å². The molecule has 0 saturated carbocycles. The van der Waals surface area contributed by atoms with Crippen molar-refractivity contribution in [2.75, 3.05) is 10.6 Å². The third-order valence-corrected chi connectivity index (χ3v) is 4.93. The van der Waals surface area contributed by atoms with E-state index in [1.165, 1.54) is 11.1 Å². The van der Waals surface area contributed by atoms with Crippen LogP contribution in [-0.4, -0.2) is 41.7 Å². The van der Waals surface area contributed by atoms with Crippen molar-refractivity contribution in [3.8, 4) is 0 Å². The molecule has 0 aliphatic carbocycles. The van der Waals surface area contributed by atoms with Crippen LogP contribution in [0.1, 0.15) is 32.9 Å². The molecule has 0 atom stereocenters. The maximum atomic E-state index is 13.2. The predicted molar refractivity (Wildman–Crippen MR) is 106 cm³/mol. The summed E-state index contributed by atoms with van der Waals surface area (Å²) < 4.78 is 1.63. The predicted octanol–water partition coefficient (Wildman–Crippen LogP) is 1.87. The second-order valence-corrected chi connectivity index (χ2v) is 6.91. The van der Waals surface area contributed by atoms with Crippen molar-refractivity contribution in [1.82, 2.24) is 24.7 Å². The van der Waals surface area contributed by atoms with E-state index in [0.717, 1.165) is 0 Å². The van der Waals surface area contributed by atoms with E-state index in [9.17, 15) is 14.7 Å². The third kappa shape index (κ3) is 3.13. The van der Waals surface area contributed by atoms with Gasteiger partial charge in [-0.3, -0.25) is 14.4 Å². The molecule has 3 aromatic heterocycles. The fourth-order valence-corrected chi connectivity index (χ4v) is 3.50. The molecule has 0 bridgehead atoms. The number of carboxylic acids is 1. The molecular formula is C18H16ClN7O3. The van der Waals surface area contributed by atoms with E-state index >= 15 is 0 Å². The molecular weight excluding hydrogens is 398 g/mol. The van der Waals surface area contributed by atoms with E-state index in [1.807, 2.05) is 0 Å². The summed E-state index contributed by atoms with van der Waals surface area (Å²) in [5, 5.41) is 13.6. The number of aromatic nitrogens is 5. The van der Waals surface area contributed by atoms with Gasteiger partial charge in [0, 0.05) is 25.1 Å². The van der Waals surface area contributed by atoms with Gasteiger partial charge in [-0.2, -0.15) is 10.1 Å². The van der Waals surface area contributed by atoms with Crippen LogP contribution < -0.4 is 10.6 Å².